The van der Waals surface area contributed by atoms with E-state index in [9.17, 15) is 9.59 Å². The standard InChI is InChI=1S/C22H24N8O3/c1-11(22(32)30-9-12(23)10-30)26-21(31)15-7-24-20-19(15)27-16(8-25-20)18-14-5-4-13(33-3)6-17(14)29(2)28-18/h4-8,11-12H,9-10,23H2,1-3H3,(H,24,25)(H,26,31)/t11-/m1/s1. The minimum absolute atomic E-state index is 0.00271. The van der Waals surface area contributed by atoms with E-state index in [-0.39, 0.29) is 11.9 Å². The average Bonchev–Trinajstić information content (AvgIpc) is 3.36. The molecule has 1 aliphatic heterocycles. The van der Waals surface area contributed by atoms with Crippen LogP contribution in [0.2, 0.25) is 0 Å². The van der Waals surface area contributed by atoms with Crippen molar-refractivity contribution in [1.29, 1.82) is 0 Å². The van der Waals surface area contributed by atoms with Crippen molar-refractivity contribution in [2.75, 3.05) is 20.2 Å². The molecule has 1 atom stereocenters. The number of H-pyrrole nitrogens is 1. The fourth-order valence-corrected chi connectivity index (χ4v) is 4.03. The van der Waals surface area contributed by atoms with Gasteiger partial charge in [0.15, 0.2) is 5.65 Å². The number of nitrogens with one attached hydrogen (secondary N) is 2. The summed E-state index contributed by atoms with van der Waals surface area (Å²) in [5, 5.41) is 8.24. The van der Waals surface area contributed by atoms with E-state index in [1.165, 1.54) is 0 Å². The second kappa shape index (κ2) is 7.85. The van der Waals surface area contributed by atoms with Crippen LogP contribution in [0, 0.1) is 0 Å². The number of amides is 2. The number of nitrogens with two attached hydrogens (primary N) is 1. The molecular formula is C22H24N8O3. The van der Waals surface area contributed by atoms with Crippen LogP contribution in [0.15, 0.2) is 30.6 Å². The molecule has 5 rings (SSSR count). The predicted octanol–water partition coefficient (Wildman–Crippen LogP) is 0.808. The topological polar surface area (TPSA) is 144 Å². The Hall–Kier alpha value is -3.99. The normalized spacial score (nSPS) is 15.0. The van der Waals surface area contributed by atoms with Crippen molar-refractivity contribution in [1.82, 2.24) is 34.9 Å². The van der Waals surface area contributed by atoms with Gasteiger partial charge in [0.2, 0.25) is 5.91 Å². The highest BCUT2D eigenvalue weighted by molar-refractivity contribution is 6.06. The van der Waals surface area contributed by atoms with E-state index >= 15 is 0 Å². The Labute approximate surface area is 188 Å². The maximum atomic E-state index is 12.9. The number of likely N-dealkylation sites (tertiary alicyclic amines) is 1. The summed E-state index contributed by atoms with van der Waals surface area (Å²) in [5.74, 6) is 0.160. The van der Waals surface area contributed by atoms with Crippen molar-refractivity contribution in [2.24, 2.45) is 12.8 Å². The first-order valence-corrected chi connectivity index (χ1v) is 10.6. The number of hydrogen-bond donors (Lipinski definition) is 3. The lowest BCUT2D eigenvalue weighted by Gasteiger charge is -2.38. The second-order valence-corrected chi connectivity index (χ2v) is 8.21. The summed E-state index contributed by atoms with van der Waals surface area (Å²) < 4.78 is 7.06. The quantitative estimate of drug-likeness (QED) is 0.410. The summed E-state index contributed by atoms with van der Waals surface area (Å²) >= 11 is 0. The number of rotatable bonds is 5. The van der Waals surface area contributed by atoms with E-state index in [0.29, 0.717) is 41.2 Å². The number of carbonyl (C=O) groups excluding carboxylic acids is 2. The van der Waals surface area contributed by atoms with Gasteiger partial charge in [-0.3, -0.25) is 14.3 Å². The highest BCUT2D eigenvalue weighted by Crippen LogP contribution is 2.30. The van der Waals surface area contributed by atoms with Crippen molar-refractivity contribution in [3.8, 4) is 17.1 Å². The Balaban J connectivity index is 1.45. The van der Waals surface area contributed by atoms with Gasteiger partial charge in [0.05, 0.1) is 24.4 Å². The van der Waals surface area contributed by atoms with Crippen molar-refractivity contribution in [3.63, 3.8) is 0 Å². The summed E-state index contributed by atoms with van der Waals surface area (Å²) in [5.41, 5.74) is 9.00. The summed E-state index contributed by atoms with van der Waals surface area (Å²) in [6.45, 7) is 2.67. The lowest BCUT2D eigenvalue weighted by molar-refractivity contribution is -0.137. The van der Waals surface area contributed by atoms with Crippen LogP contribution >= 0.6 is 0 Å². The smallest absolute Gasteiger partial charge is 0.255 e. The zero-order chi connectivity index (χ0) is 23.3. The van der Waals surface area contributed by atoms with Gasteiger partial charge in [-0.1, -0.05) is 0 Å². The molecule has 4 N–H and O–H groups in total. The predicted molar refractivity (Wildman–Crippen MR) is 122 cm³/mol. The fourth-order valence-electron chi connectivity index (χ4n) is 4.03. The zero-order valence-corrected chi connectivity index (χ0v) is 18.5. The van der Waals surface area contributed by atoms with Crippen LogP contribution < -0.4 is 15.8 Å². The molecule has 11 heteroatoms. The Kier molecular flexibility index (Phi) is 4.97. The van der Waals surface area contributed by atoms with Gasteiger partial charge >= 0.3 is 0 Å². The molecule has 1 fully saturated rings. The molecule has 33 heavy (non-hydrogen) atoms. The number of aryl methyl sites for hydroxylation is 1. The van der Waals surface area contributed by atoms with Crippen LogP contribution in [0.1, 0.15) is 17.3 Å². The highest BCUT2D eigenvalue weighted by atomic mass is 16.5. The van der Waals surface area contributed by atoms with E-state index in [2.05, 4.69) is 25.4 Å². The third kappa shape index (κ3) is 3.55. The minimum Gasteiger partial charge on any atom is -0.497 e. The number of aromatic amines is 1. The largest absolute Gasteiger partial charge is 0.497 e. The Bertz CT molecular complexity index is 1390. The molecule has 4 heterocycles. The molecule has 170 valence electrons. The summed E-state index contributed by atoms with van der Waals surface area (Å²) in [4.78, 5) is 39.1. The third-order valence-corrected chi connectivity index (χ3v) is 5.87. The van der Waals surface area contributed by atoms with E-state index in [1.807, 2.05) is 25.2 Å². The summed E-state index contributed by atoms with van der Waals surface area (Å²) in [6.07, 6.45) is 3.16. The van der Waals surface area contributed by atoms with E-state index < -0.39 is 11.9 Å². The number of benzene rings is 1. The van der Waals surface area contributed by atoms with Gasteiger partial charge in [-0.2, -0.15) is 5.10 Å². The van der Waals surface area contributed by atoms with Crippen LogP contribution in [0.3, 0.4) is 0 Å². The first-order valence-electron chi connectivity index (χ1n) is 10.6. The van der Waals surface area contributed by atoms with E-state index in [4.69, 9.17) is 10.5 Å². The lowest BCUT2D eigenvalue weighted by atomic mass is 10.1. The first-order chi connectivity index (χ1) is 15.9. The molecule has 4 aromatic rings. The molecule has 1 aromatic carbocycles. The molecule has 1 saturated heterocycles. The van der Waals surface area contributed by atoms with Gasteiger partial charge in [-0.05, 0) is 19.1 Å². The van der Waals surface area contributed by atoms with E-state index in [0.717, 1.165) is 16.7 Å². The van der Waals surface area contributed by atoms with Gasteiger partial charge in [-0.25, -0.2) is 9.97 Å². The first kappa shape index (κ1) is 20.9. The van der Waals surface area contributed by atoms with Crippen molar-refractivity contribution < 1.29 is 14.3 Å². The lowest BCUT2D eigenvalue weighted by Crippen LogP contribution is -2.61. The van der Waals surface area contributed by atoms with E-state index in [1.54, 1.807) is 36.0 Å². The number of ether oxygens (including phenoxy) is 1. The van der Waals surface area contributed by atoms with Crippen molar-refractivity contribution >= 4 is 33.9 Å². The van der Waals surface area contributed by atoms with Gasteiger partial charge in [0, 0.05) is 43.8 Å². The molecule has 2 amide bonds. The van der Waals surface area contributed by atoms with Crippen LogP contribution in [0.25, 0.3) is 33.5 Å². The number of aromatic nitrogens is 5. The molecule has 1 aliphatic rings. The van der Waals surface area contributed by atoms with Crippen LogP contribution in [0.5, 0.6) is 5.75 Å². The van der Waals surface area contributed by atoms with Gasteiger partial charge in [0.1, 0.15) is 28.7 Å². The van der Waals surface area contributed by atoms with Crippen LogP contribution in [-0.4, -0.2) is 73.7 Å². The molecule has 0 saturated carbocycles. The van der Waals surface area contributed by atoms with Crippen LogP contribution in [-0.2, 0) is 11.8 Å². The van der Waals surface area contributed by atoms with Crippen LogP contribution in [0.4, 0.5) is 0 Å². The average molecular weight is 448 g/mol. The SMILES string of the molecule is COc1ccc2c(-c3cnc4[nH]cc(C(=O)N[C@H](C)C(=O)N5CC(N)C5)c4n3)nn(C)c2c1. The molecule has 0 bridgehead atoms. The van der Waals surface area contributed by atoms with Crippen molar-refractivity contribution in [2.45, 2.75) is 19.0 Å². The summed E-state index contributed by atoms with van der Waals surface area (Å²) in [7, 11) is 3.46. The molecule has 0 unspecified atom stereocenters. The number of hydrogen-bond acceptors (Lipinski definition) is 7. The third-order valence-electron chi connectivity index (χ3n) is 5.87. The zero-order valence-electron chi connectivity index (χ0n) is 18.5. The molecule has 0 aliphatic carbocycles. The molecule has 0 radical (unpaired) electrons. The number of nitrogens with zero attached hydrogens (tertiary/aromatic N) is 5. The maximum Gasteiger partial charge on any atom is 0.255 e. The monoisotopic (exact) mass is 448 g/mol. The number of methoxy groups -OCH3 is 1. The highest BCUT2D eigenvalue weighted by Gasteiger charge is 2.31. The molecule has 3 aromatic heterocycles. The number of fused-ring (bicyclic) bond motifs is 2. The van der Waals surface area contributed by atoms with Gasteiger partial charge < -0.3 is 25.7 Å². The molecular weight excluding hydrogens is 424 g/mol. The Morgan fingerprint density at radius 3 is 2.85 bits per heavy atom. The van der Waals surface area contributed by atoms with Gasteiger partial charge in [-0.15, -0.1) is 0 Å². The minimum atomic E-state index is -0.680. The van der Waals surface area contributed by atoms with Crippen molar-refractivity contribution in [3.05, 3.63) is 36.2 Å². The molecule has 11 nitrogen and oxygen atoms in total. The number of carbonyl (C=O) groups is 2. The maximum absolute atomic E-state index is 12.9. The Morgan fingerprint density at radius 1 is 1.33 bits per heavy atom. The Morgan fingerprint density at radius 2 is 2.12 bits per heavy atom. The summed E-state index contributed by atoms with van der Waals surface area (Å²) in [6, 6.07) is 5.00. The fraction of sp³-hybridized carbons (Fsp3) is 0.318. The van der Waals surface area contributed by atoms with Gasteiger partial charge in [0.25, 0.3) is 5.91 Å². The second-order valence-electron chi connectivity index (χ2n) is 8.21. The molecule has 0 spiro atoms.